The Kier molecular flexibility index (Phi) is 6.67. The maximum Gasteiger partial charge on any atom is 2.00 e. The summed E-state index contributed by atoms with van der Waals surface area (Å²) < 4.78 is 79.4. The van der Waals surface area contributed by atoms with Crippen molar-refractivity contribution in [3.05, 3.63) is 78.9 Å². The van der Waals surface area contributed by atoms with Crippen LogP contribution < -0.4 is 0 Å². The van der Waals surface area contributed by atoms with Crippen LogP contribution in [0.3, 0.4) is 0 Å². The fourth-order valence-corrected chi connectivity index (χ4v) is 2.32. The van der Waals surface area contributed by atoms with Gasteiger partial charge in [-0.1, -0.05) is 0 Å². The van der Waals surface area contributed by atoms with Crippen molar-refractivity contribution in [2.24, 2.45) is 0 Å². The fourth-order valence-electron chi connectivity index (χ4n) is 2.32. The number of hydrogen-bond donors (Lipinski definition) is 0. The summed E-state index contributed by atoms with van der Waals surface area (Å²) in [5.74, 6) is 0. The van der Waals surface area contributed by atoms with E-state index >= 15 is 0 Å². The van der Waals surface area contributed by atoms with Crippen LogP contribution in [0.1, 0.15) is 5.56 Å². The molecule has 1 heterocycles. The second-order valence-corrected chi connectivity index (χ2v) is 4.81. The molecule has 136 valence electrons. The average molecular weight is 402 g/mol. The van der Waals surface area contributed by atoms with Gasteiger partial charge in [0.25, 0.3) is 0 Å². The molecule has 0 atom stereocenters. The molecule has 3 aromatic rings. The zero-order valence-corrected chi connectivity index (χ0v) is 13.5. The molecule has 0 radical (unpaired) electrons. The van der Waals surface area contributed by atoms with Gasteiger partial charge in [-0.3, -0.25) is 0 Å². The number of imidazole rings is 1. The predicted molar refractivity (Wildman–Crippen MR) is 75.5 cm³/mol. The monoisotopic (exact) mass is 402 g/mol. The van der Waals surface area contributed by atoms with E-state index in [1.54, 1.807) is 0 Å². The first-order valence-electron chi connectivity index (χ1n) is 6.72. The number of nitrogens with zero attached hydrogens (tertiary/aromatic N) is 2. The van der Waals surface area contributed by atoms with Gasteiger partial charge in [0.2, 0.25) is 5.54 Å². The van der Waals surface area contributed by atoms with Crippen LogP contribution in [0.4, 0.5) is 26.3 Å². The minimum atomic E-state index is -5.56. The second-order valence-electron chi connectivity index (χ2n) is 4.81. The maximum absolute atomic E-state index is 13.2. The molecule has 0 saturated carbocycles. The van der Waals surface area contributed by atoms with Crippen LogP contribution in [-0.2, 0) is 22.6 Å². The van der Waals surface area contributed by atoms with Crippen LogP contribution in [0.15, 0.2) is 73.3 Å². The molecular formula is C16H12F6FeN2. The number of halogens is 6. The van der Waals surface area contributed by atoms with Gasteiger partial charge in [-0.15, -0.1) is 0 Å². The van der Waals surface area contributed by atoms with E-state index in [2.05, 4.69) is 4.98 Å². The van der Waals surface area contributed by atoms with Gasteiger partial charge in [0, 0.05) is 12.4 Å². The summed E-state index contributed by atoms with van der Waals surface area (Å²) in [6.07, 6.45) is -9.09. The van der Waals surface area contributed by atoms with Crippen LogP contribution in [0, 0.1) is 0 Å². The Morgan fingerprint density at radius 3 is 1.80 bits per heavy atom. The summed E-state index contributed by atoms with van der Waals surface area (Å²) in [5.41, 5.74) is -5.02. The first-order chi connectivity index (χ1) is 11.2. The van der Waals surface area contributed by atoms with Gasteiger partial charge in [0.05, 0.1) is 6.33 Å². The Morgan fingerprint density at radius 1 is 0.880 bits per heavy atom. The van der Waals surface area contributed by atoms with Gasteiger partial charge in [-0.25, -0.2) is 23.2 Å². The molecule has 3 rings (SSSR count). The van der Waals surface area contributed by atoms with E-state index in [4.69, 9.17) is 0 Å². The van der Waals surface area contributed by atoms with Gasteiger partial charge in [-0.2, -0.15) is 68.3 Å². The topological polar surface area (TPSA) is 17.8 Å². The molecule has 0 bridgehead atoms. The van der Waals surface area contributed by atoms with E-state index in [0.29, 0.717) is 12.5 Å². The molecule has 0 saturated heterocycles. The molecule has 0 unspecified atom stereocenters. The van der Waals surface area contributed by atoms with Crippen molar-refractivity contribution in [3.63, 3.8) is 0 Å². The summed E-state index contributed by atoms with van der Waals surface area (Å²) >= 11 is 0. The standard InChI is InChI=1S/C11H7F6N2.C5H5.Fe/c12-10(13,14)9(11(15,16)17,8-3-1-2-4-8)19-6-5-18-7-19;1-2-4-5-3-1;/h1-7H;1-5H;/q2*-1;+2. The third kappa shape index (κ3) is 3.99. The molecule has 0 N–H and O–H groups in total. The van der Waals surface area contributed by atoms with Gasteiger partial charge in [0.15, 0.2) is 0 Å². The zero-order chi connectivity index (χ0) is 17.8. The first kappa shape index (κ1) is 21.1. The molecule has 0 fully saturated rings. The fraction of sp³-hybridized carbons (Fsp3) is 0.188. The summed E-state index contributed by atoms with van der Waals surface area (Å²) in [4.78, 5) is 3.29. The summed E-state index contributed by atoms with van der Waals surface area (Å²) in [6.45, 7) is 0. The summed E-state index contributed by atoms with van der Waals surface area (Å²) in [7, 11) is 0. The van der Waals surface area contributed by atoms with Crippen molar-refractivity contribution in [3.8, 4) is 0 Å². The van der Waals surface area contributed by atoms with Crippen molar-refractivity contribution < 1.29 is 43.4 Å². The van der Waals surface area contributed by atoms with E-state index in [-0.39, 0.29) is 21.6 Å². The molecule has 0 aliphatic heterocycles. The Bertz CT molecular complexity index is 630. The Balaban J connectivity index is 0.000000448. The third-order valence-corrected chi connectivity index (χ3v) is 3.35. The number of rotatable bonds is 2. The second kappa shape index (κ2) is 7.93. The van der Waals surface area contributed by atoms with E-state index in [1.807, 2.05) is 30.3 Å². The number of hydrogen-bond acceptors (Lipinski definition) is 1. The van der Waals surface area contributed by atoms with Gasteiger partial charge in [-0.05, 0) is 0 Å². The minimum Gasteiger partial charge on any atom is -0.322 e. The molecular weight excluding hydrogens is 390 g/mol. The van der Waals surface area contributed by atoms with Crippen molar-refractivity contribution in [2.45, 2.75) is 17.9 Å². The Labute approximate surface area is 150 Å². The maximum atomic E-state index is 13.2. The Morgan fingerprint density at radius 2 is 1.48 bits per heavy atom. The molecule has 0 amide bonds. The van der Waals surface area contributed by atoms with E-state index in [1.165, 1.54) is 0 Å². The van der Waals surface area contributed by atoms with Crippen molar-refractivity contribution in [1.29, 1.82) is 0 Å². The third-order valence-electron chi connectivity index (χ3n) is 3.35. The van der Waals surface area contributed by atoms with Crippen LogP contribution >= 0.6 is 0 Å². The average Bonchev–Trinajstić information content (AvgIpc) is 3.23. The number of aromatic nitrogens is 2. The van der Waals surface area contributed by atoms with Crippen LogP contribution in [0.5, 0.6) is 0 Å². The SMILES string of the molecule is FC(F)(F)C(c1cc[cH-]c1)(n1ccnc1)C(F)(F)F.[Fe+2].c1cc[cH-]c1. The minimum absolute atomic E-state index is 0. The first-order valence-corrected chi connectivity index (χ1v) is 6.72. The summed E-state index contributed by atoms with van der Waals surface area (Å²) in [5, 5.41) is 0. The van der Waals surface area contributed by atoms with Gasteiger partial charge >= 0.3 is 29.4 Å². The molecule has 0 aliphatic carbocycles. The molecule has 0 spiro atoms. The molecule has 9 heteroatoms. The van der Waals surface area contributed by atoms with Crippen molar-refractivity contribution in [1.82, 2.24) is 9.55 Å². The van der Waals surface area contributed by atoms with E-state index in [0.717, 1.165) is 30.5 Å². The Hall–Kier alpha value is -1.99. The molecule has 25 heavy (non-hydrogen) atoms. The van der Waals surface area contributed by atoms with Gasteiger partial charge in [0.1, 0.15) is 0 Å². The van der Waals surface area contributed by atoms with E-state index < -0.39 is 23.5 Å². The van der Waals surface area contributed by atoms with Crippen LogP contribution in [0.25, 0.3) is 0 Å². The molecule has 2 nitrogen and oxygen atoms in total. The predicted octanol–water partition coefficient (Wildman–Crippen LogP) is 4.87. The molecule has 2 aromatic carbocycles. The quantitative estimate of drug-likeness (QED) is 0.340. The molecule has 0 aliphatic rings. The number of alkyl halides is 6. The largest absolute Gasteiger partial charge is 2.00 e. The normalized spacial score (nSPS) is 12.1. The van der Waals surface area contributed by atoms with Crippen molar-refractivity contribution in [2.75, 3.05) is 0 Å². The smallest absolute Gasteiger partial charge is 0.322 e. The van der Waals surface area contributed by atoms with Crippen molar-refractivity contribution >= 4 is 0 Å². The van der Waals surface area contributed by atoms with Crippen LogP contribution in [-0.4, -0.2) is 21.9 Å². The van der Waals surface area contributed by atoms with E-state index in [9.17, 15) is 26.3 Å². The molecule has 1 aromatic heterocycles. The van der Waals surface area contributed by atoms with Gasteiger partial charge < -0.3 is 4.57 Å². The summed E-state index contributed by atoms with van der Waals surface area (Å²) in [6, 6.07) is 13.8. The zero-order valence-electron chi connectivity index (χ0n) is 12.4. The van der Waals surface area contributed by atoms with Crippen LogP contribution in [0.2, 0.25) is 0 Å².